The van der Waals surface area contributed by atoms with E-state index < -0.39 is 0 Å². The molecule has 0 bridgehead atoms. The van der Waals surface area contributed by atoms with Crippen molar-refractivity contribution in [1.29, 1.82) is 0 Å². The molecule has 0 aliphatic heterocycles. The monoisotopic (exact) mass is 254 g/mol. The van der Waals surface area contributed by atoms with Crippen LogP contribution in [0.3, 0.4) is 0 Å². The second kappa shape index (κ2) is 8.92. The van der Waals surface area contributed by atoms with Gasteiger partial charge in [0.05, 0.1) is 6.34 Å². The summed E-state index contributed by atoms with van der Waals surface area (Å²) in [5.41, 5.74) is 2.63. The molecule has 100 valence electrons. The van der Waals surface area contributed by atoms with Crippen molar-refractivity contribution in [3.05, 3.63) is 71.8 Å². The Morgan fingerprint density at radius 1 is 0.947 bits per heavy atom. The quantitative estimate of drug-likeness (QED) is 0.601. The van der Waals surface area contributed by atoms with Crippen LogP contribution in [-0.2, 0) is 6.54 Å². The Bertz CT molecular complexity index is 463. The van der Waals surface area contributed by atoms with E-state index in [0.29, 0.717) is 0 Å². The lowest BCUT2D eigenvalue weighted by Crippen LogP contribution is -2.14. The van der Waals surface area contributed by atoms with E-state index in [9.17, 15) is 0 Å². The normalized spacial score (nSPS) is 9.84. The minimum absolute atomic E-state index is 0.915. The van der Waals surface area contributed by atoms with Crippen LogP contribution >= 0.6 is 0 Å². The molecular formula is C17H22N2. The fourth-order valence-corrected chi connectivity index (χ4v) is 1.64. The lowest BCUT2D eigenvalue weighted by molar-refractivity contribution is 0.515. The minimum Gasteiger partial charge on any atom is -0.362 e. The fourth-order valence-electron chi connectivity index (χ4n) is 1.64. The van der Waals surface area contributed by atoms with Gasteiger partial charge in [0, 0.05) is 20.6 Å². The first-order valence-electron chi connectivity index (χ1n) is 6.40. The Kier molecular flexibility index (Phi) is 7.03. The Labute approximate surface area is 116 Å². The van der Waals surface area contributed by atoms with Gasteiger partial charge in [0.1, 0.15) is 0 Å². The van der Waals surface area contributed by atoms with Gasteiger partial charge < -0.3 is 4.90 Å². The lowest BCUT2D eigenvalue weighted by atomic mass is 10.2. The van der Waals surface area contributed by atoms with Gasteiger partial charge in [-0.25, -0.2) is 0 Å². The molecular weight excluding hydrogens is 232 g/mol. The molecule has 0 saturated carbocycles. The molecule has 2 nitrogen and oxygen atoms in total. The van der Waals surface area contributed by atoms with Crippen molar-refractivity contribution in [2.45, 2.75) is 13.5 Å². The first-order chi connectivity index (χ1) is 9.22. The van der Waals surface area contributed by atoms with Gasteiger partial charge in [0.15, 0.2) is 0 Å². The summed E-state index contributed by atoms with van der Waals surface area (Å²) < 4.78 is 0. The maximum absolute atomic E-state index is 3.93. The second-order valence-electron chi connectivity index (χ2n) is 4.43. The van der Waals surface area contributed by atoms with Gasteiger partial charge in [0.2, 0.25) is 0 Å². The maximum atomic E-state index is 3.93. The highest BCUT2D eigenvalue weighted by Gasteiger charge is 1.92. The van der Waals surface area contributed by atoms with Crippen molar-refractivity contribution in [2.75, 3.05) is 14.1 Å². The van der Waals surface area contributed by atoms with Crippen LogP contribution in [0.15, 0.2) is 65.7 Å². The van der Waals surface area contributed by atoms with E-state index in [1.165, 1.54) is 11.1 Å². The summed E-state index contributed by atoms with van der Waals surface area (Å²) in [4.78, 5) is 5.98. The van der Waals surface area contributed by atoms with E-state index in [2.05, 4.69) is 41.1 Å². The van der Waals surface area contributed by atoms with Gasteiger partial charge in [-0.05, 0) is 12.5 Å². The summed E-state index contributed by atoms with van der Waals surface area (Å²) in [5, 5.41) is 0. The Morgan fingerprint density at radius 2 is 1.47 bits per heavy atom. The Morgan fingerprint density at radius 3 is 1.89 bits per heavy atom. The number of nitrogens with zero attached hydrogens (tertiary/aromatic N) is 2. The molecule has 0 amide bonds. The number of hydrogen-bond acceptors (Lipinski definition) is 1. The first-order valence-corrected chi connectivity index (χ1v) is 6.40. The molecule has 2 aromatic rings. The summed E-state index contributed by atoms with van der Waals surface area (Å²) in [5.74, 6) is 0. The molecule has 0 unspecified atom stereocenters. The molecule has 0 saturated heterocycles. The molecule has 19 heavy (non-hydrogen) atoms. The van der Waals surface area contributed by atoms with Crippen LogP contribution in [-0.4, -0.2) is 25.3 Å². The molecule has 0 atom stereocenters. The Hall–Kier alpha value is -2.09. The smallest absolute Gasteiger partial charge is 0.0846 e. The highest BCUT2D eigenvalue weighted by atomic mass is 15.1. The van der Waals surface area contributed by atoms with Crippen LogP contribution in [0.2, 0.25) is 0 Å². The van der Waals surface area contributed by atoms with Crippen LogP contribution in [0.5, 0.6) is 0 Å². The fraction of sp³-hybridized carbons (Fsp3) is 0.235. The van der Waals surface area contributed by atoms with Crippen molar-refractivity contribution in [3.63, 3.8) is 0 Å². The van der Waals surface area contributed by atoms with E-state index in [1.54, 1.807) is 7.05 Å². The third-order valence-electron chi connectivity index (χ3n) is 2.53. The van der Waals surface area contributed by atoms with Gasteiger partial charge in [0.25, 0.3) is 0 Å². The predicted octanol–water partition coefficient (Wildman–Crippen LogP) is 3.77. The largest absolute Gasteiger partial charge is 0.362 e. The topological polar surface area (TPSA) is 15.6 Å². The molecule has 0 heterocycles. The average Bonchev–Trinajstić information content (AvgIpc) is 2.42. The summed E-state index contributed by atoms with van der Waals surface area (Å²) in [6.07, 6.45) is 1.83. The van der Waals surface area contributed by atoms with Gasteiger partial charge in [-0.15, -0.1) is 0 Å². The number of hydrogen-bond donors (Lipinski definition) is 0. The highest BCUT2D eigenvalue weighted by molar-refractivity contribution is 5.54. The molecule has 0 radical (unpaired) electrons. The zero-order valence-electron chi connectivity index (χ0n) is 12.0. The summed E-state index contributed by atoms with van der Waals surface area (Å²) in [7, 11) is 3.79. The van der Waals surface area contributed by atoms with Crippen molar-refractivity contribution in [1.82, 2.24) is 4.90 Å². The summed E-state index contributed by atoms with van der Waals surface area (Å²) >= 11 is 0. The Balaban J connectivity index is 0.000000218. The van der Waals surface area contributed by atoms with E-state index >= 15 is 0 Å². The average molecular weight is 254 g/mol. The first kappa shape index (κ1) is 15.0. The van der Waals surface area contributed by atoms with Gasteiger partial charge in [-0.2, -0.15) is 0 Å². The SMILES string of the molecule is CN=CN(C)Cc1ccccc1.Cc1ccccc1. The van der Waals surface area contributed by atoms with E-state index in [4.69, 9.17) is 0 Å². The number of aryl methyl sites for hydroxylation is 1. The van der Waals surface area contributed by atoms with E-state index in [1.807, 2.05) is 49.8 Å². The zero-order chi connectivity index (χ0) is 13.9. The van der Waals surface area contributed by atoms with Crippen molar-refractivity contribution in [2.24, 2.45) is 4.99 Å². The summed E-state index contributed by atoms with van der Waals surface area (Å²) in [6.45, 7) is 3.00. The van der Waals surface area contributed by atoms with Crippen LogP contribution in [0, 0.1) is 6.92 Å². The molecule has 2 aromatic carbocycles. The number of rotatable bonds is 3. The van der Waals surface area contributed by atoms with Crippen LogP contribution < -0.4 is 0 Å². The van der Waals surface area contributed by atoms with Gasteiger partial charge >= 0.3 is 0 Å². The van der Waals surface area contributed by atoms with Crippen molar-refractivity contribution < 1.29 is 0 Å². The maximum Gasteiger partial charge on any atom is 0.0846 e. The number of benzene rings is 2. The summed E-state index contributed by atoms with van der Waals surface area (Å²) in [6, 6.07) is 20.6. The van der Waals surface area contributed by atoms with E-state index in [0.717, 1.165) is 6.54 Å². The van der Waals surface area contributed by atoms with Gasteiger partial charge in [-0.3, -0.25) is 4.99 Å². The molecule has 2 rings (SSSR count). The molecule has 0 aliphatic carbocycles. The molecule has 0 spiro atoms. The van der Waals surface area contributed by atoms with Crippen molar-refractivity contribution in [3.8, 4) is 0 Å². The van der Waals surface area contributed by atoms with Gasteiger partial charge in [-0.1, -0.05) is 66.2 Å². The molecule has 0 aromatic heterocycles. The van der Waals surface area contributed by atoms with E-state index in [-0.39, 0.29) is 0 Å². The highest BCUT2D eigenvalue weighted by Crippen LogP contribution is 2.00. The van der Waals surface area contributed by atoms with Crippen LogP contribution in [0.1, 0.15) is 11.1 Å². The second-order valence-corrected chi connectivity index (χ2v) is 4.43. The zero-order valence-corrected chi connectivity index (χ0v) is 12.0. The molecule has 2 heteroatoms. The lowest BCUT2D eigenvalue weighted by Gasteiger charge is -2.11. The van der Waals surface area contributed by atoms with Crippen LogP contribution in [0.4, 0.5) is 0 Å². The number of aliphatic imine (C=N–C) groups is 1. The third kappa shape index (κ3) is 7.04. The molecule has 0 N–H and O–H groups in total. The van der Waals surface area contributed by atoms with Crippen LogP contribution in [0.25, 0.3) is 0 Å². The minimum atomic E-state index is 0.915. The molecule has 0 fully saturated rings. The third-order valence-corrected chi connectivity index (χ3v) is 2.53. The predicted molar refractivity (Wildman–Crippen MR) is 83.5 cm³/mol. The van der Waals surface area contributed by atoms with Crippen molar-refractivity contribution >= 4 is 6.34 Å². The molecule has 0 aliphatic rings. The standard InChI is InChI=1S/C10H14N2.C7H8/c1-11-9-12(2)8-10-6-4-3-5-7-10;1-7-5-3-2-4-6-7/h3-7,9H,8H2,1-2H3;2-6H,1H3.